The number of aliphatic hydroxyl groups excluding tert-OH is 2. The highest BCUT2D eigenvalue weighted by atomic mass is 16.3. The molecule has 5 heteroatoms. The zero-order chi connectivity index (χ0) is 20.7. The molecule has 2 aromatic rings. The van der Waals surface area contributed by atoms with E-state index in [-0.39, 0.29) is 5.70 Å². The predicted octanol–water partition coefficient (Wildman–Crippen LogP) is 1.84. The Labute approximate surface area is 166 Å². The second-order valence-corrected chi connectivity index (χ2v) is 6.78. The van der Waals surface area contributed by atoms with Crippen LogP contribution in [-0.4, -0.2) is 59.3 Å². The molecule has 2 aromatic carbocycles. The van der Waals surface area contributed by atoms with Gasteiger partial charge in [-0.15, -0.1) is 0 Å². The number of carbonyl (C=O) groups excluding carboxylic acids is 1. The number of hydrogen-bond donors (Lipinski definition) is 2. The van der Waals surface area contributed by atoms with E-state index in [9.17, 15) is 15.0 Å². The van der Waals surface area contributed by atoms with Crippen LogP contribution in [0.3, 0.4) is 0 Å². The van der Waals surface area contributed by atoms with Crippen LogP contribution >= 0.6 is 0 Å². The quantitative estimate of drug-likeness (QED) is 0.753. The van der Waals surface area contributed by atoms with Gasteiger partial charge in [0.25, 0.3) is 5.91 Å². The van der Waals surface area contributed by atoms with E-state index in [0.717, 1.165) is 16.7 Å². The van der Waals surface area contributed by atoms with E-state index in [1.54, 1.807) is 11.9 Å². The molecule has 0 saturated carbocycles. The van der Waals surface area contributed by atoms with Crippen LogP contribution in [0.15, 0.2) is 66.9 Å². The smallest absolute Gasteiger partial charge is 0.254 e. The molecule has 0 heterocycles. The Morgan fingerprint density at radius 2 is 1.46 bits per heavy atom. The van der Waals surface area contributed by atoms with Crippen LogP contribution in [-0.2, 0) is 11.3 Å². The summed E-state index contributed by atoms with van der Waals surface area (Å²) in [4.78, 5) is 14.8. The Bertz CT molecular complexity index is 864. The monoisotopic (exact) mass is 378 g/mol. The van der Waals surface area contributed by atoms with Crippen molar-refractivity contribution in [1.82, 2.24) is 9.80 Å². The fraction of sp³-hybridized carbons (Fsp3) is 0.261. The van der Waals surface area contributed by atoms with Crippen LogP contribution < -0.4 is 0 Å². The van der Waals surface area contributed by atoms with Gasteiger partial charge in [-0.1, -0.05) is 48.8 Å². The molecule has 0 aliphatic rings. The van der Waals surface area contributed by atoms with Gasteiger partial charge in [0, 0.05) is 44.5 Å². The van der Waals surface area contributed by atoms with Gasteiger partial charge in [0.05, 0.1) is 0 Å². The first-order chi connectivity index (χ1) is 13.3. The summed E-state index contributed by atoms with van der Waals surface area (Å²) >= 11 is 0. The molecule has 0 saturated heterocycles. The SMILES string of the molecule is C=C([C@H](O)[C@@H](O)C(=O)N(C)C)N(C)Cc1ccc(C#Cc2ccccc2)cc1. The Kier molecular flexibility index (Phi) is 7.39. The van der Waals surface area contributed by atoms with Crippen molar-refractivity contribution in [3.8, 4) is 11.8 Å². The summed E-state index contributed by atoms with van der Waals surface area (Å²) in [5.41, 5.74) is 3.13. The molecule has 2 rings (SSSR count). The van der Waals surface area contributed by atoms with Crippen molar-refractivity contribution in [1.29, 1.82) is 0 Å². The lowest BCUT2D eigenvalue weighted by molar-refractivity contribution is -0.142. The Morgan fingerprint density at radius 1 is 0.929 bits per heavy atom. The molecule has 5 nitrogen and oxygen atoms in total. The molecule has 146 valence electrons. The normalized spacial score (nSPS) is 12.3. The minimum Gasteiger partial charge on any atom is -0.384 e. The van der Waals surface area contributed by atoms with Gasteiger partial charge in [-0.25, -0.2) is 0 Å². The van der Waals surface area contributed by atoms with Crippen LogP contribution in [0.5, 0.6) is 0 Å². The summed E-state index contributed by atoms with van der Waals surface area (Å²) < 4.78 is 0. The van der Waals surface area contributed by atoms with Crippen molar-refractivity contribution < 1.29 is 15.0 Å². The summed E-state index contributed by atoms with van der Waals surface area (Å²) in [6.45, 7) is 4.29. The lowest BCUT2D eigenvalue weighted by Crippen LogP contribution is -2.44. The van der Waals surface area contributed by atoms with Crippen molar-refractivity contribution in [2.75, 3.05) is 21.1 Å². The average Bonchev–Trinajstić information content (AvgIpc) is 2.71. The second kappa shape index (κ2) is 9.75. The third kappa shape index (κ3) is 5.71. The fourth-order valence-corrected chi connectivity index (χ4v) is 2.54. The van der Waals surface area contributed by atoms with Gasteiger partial charge in [0.1, 0.15) is 6.10 Å². The lowest BCUT2D eigenvalue weighted by Gasteiger charge is -2.28. The van der Waals surface area contributed by atoms with Crippen molar-refractivity contribution in [2.24, 2.45) is 0 Å². The van der Waals surface area contributed by atoms with E-state index in [1.807, 2.05) is 54.6 Å². The molecule has 1 amide bonds. The van der Waals surface area contributed by atoms with Crippen LogP contribution in [0.2, 0.25) is 0 Å². The van der Waals surface area contributed by atoms with Crippen molar-refractivity contribution in [3.05, 3.63) is 83.6 Å². The van der Waals surface area contributed by atoms with Gasteiger partial charge in [-0.2, -0.15) is 0 Å². The fourth-order valence-electron chi connectivity index (χ4n) is 2.54. The molecule has 0 spiro atoms. The van der Waals surface area contributed by atoms with E-state index in [1.165, 1.54) is 19.0 Å². The number of benzene rings is 2. The summed E-state index contributed by atoms with van der Waals surface area (Å²) in [5, 5.41) is 20.2. The van der Waals surface area contributed by atoms with E-state index >= 15 is 0 Å². The molecule has 0 radical (unpaired) electrons. The number of likely N-dealkylation sites (N-methyl/N-ethyl adjacent to an activating group) is 2. The molecule has 0 aromatic heterocycles. The predicted molar refractivity (Wildman–Crippen MR) is 110 cm³/mol. The highest BCUT2D eigenvalue weighted by Crippen LogP contribution is 2.15. The molecular formula is C23H26N2O3. The maximum absolute atomic E-state index is 11.8. The van der Waals surface area contributed by atoms with Crippen molar-refractivity contribution >= 4 is 5.91 Å². The van der Waals surface area contributed by atoms with Crippen molar-refractivity contribution in [2.45, 2.75) is 18.8 Å². The molecule has 0 aliphatic heterocycles. The van der Waals surface area contributed by atoms with Gasteiger partial charge in [-0.3, -0.25) is 4.79 Å². The van der Waals surface area contributed by atoms with Crippen LogP contribution in [0.4, 0.5) is 0 Å². The Morgan fingerprint density at radius 3 is 2.00 bits per heavy atom. The number of carbonyl (C=O) groups is 1. The van der Waals surface area contributed by atoms with E-state index in [0.29, 0.717) is 6.54 Å². The van der Waals surface area contributed by atoms with E-state index in [2.05, 4.69) is 18.4 Å². The molecular weight excluding hydrogens is 352 g/mol. The molecule has 2 N–H and O–H groups in total. The van der Waals surface area contributed by atoms with Gasteiger partial charge in [0.15, 0.2) is 6.10 Å². The first-order valence-electron chi connectivity index (χ1n) is 8.93. The minimum absolute atomic E-state index is 0.274. The Hall–Kier alpha value is -3.07. The van der Waals surface area contributed by atoms with Crippen molar-refractivity contribution in [3.63, 3.8) is 0 Å². The summed E-state index contributed by atoms with van der Waals surface area (Å²) in [6, 6.07) is 17.5. The minimum atomic E-state index is -1.54. The Balaban J connectivity index is 1.98. The largest absolute Gasteiger partial charge is 0.384 e. The third-order valence-corrected chi connectivity index (χ3v) is 4.32. The van der Waals surface area contributed by atoms with Gasteiger partial charge < -0.3 is 20.0 Å². The van der Waals surface area contributed by atoms with E-state index in [4.69, 9.17) is 0 Å². The number of rotatable bonds is 6. The maximum Gasteiger partial charge on any atom is 0.254 e. The number of aliphatic hydroxyl groups is 2. The highest BCUT2D eigenvalue weighted by Gasteiger charge is 2.29. The molecule has 0 bridgehead atoms. The summed E-state index contributed by atoms with van der Waals surface area (Å²) in [7, 11) is 4.79. The first kappa shape index (κ1) is 21.2. The van der Waals surface area contributed by atoms with Crippen LogP contribution in [0.25, 0.3) is 0 Å². The highest BCUT2D eigenvalue weighted by molar-refractivity contribution is 5.81. The summed E-state index contributed by atoms with van der Waals surface area (Å²) in [6.07, 6.45) is -2.91. The van der Waals surface area contributed by atoms with Gasteiger partial charge >= 0.3 is 0 Å². The molecule has 2 atom stereocenters. The zero-order valence-corrected chi connectivity index (χ0v) is 16.5. The maximum atomic E-state index is 11.8. The number of hydrogen-bond acceptors (Lipinski definition) is 4. The lowest BCUT2D eigenvalue weighted by atomic mass is 10.1. The summed E-state index contributed by atoms with van der Waals surface area (Å²) in [5.74, 6) is 5.67. The number of amides is 1. The standard InChI is InChI=1S/C23H26N2O3/c1-17(21(26)22(27)23(28)24(2)3)25(4)16-20-14-12-19(13-15-20)11-10-18-8-6-5-7-9-18/h5-9,12-15,21-22,26-27H,1,16H2,2-4H3/t21-,22+/m0/s1. The average molecular weight is 378 g/mol. The zero-order valence-electron chi connectivity index (χ0n) is 16.5. The second-order valence-electron chi connectivity index (χ2n) is 6.78. The third-order valence-electron chi connectivity index (χ3n) is 4.32. The molecule has 0 fully saturated rings. The van der Waals surface area contributed by atoms with Crippen LogP contribution in [0, 0.1) is 11.8 Å². The van der Waals surface area contributed by atoms with E-state index < -0.39 is 18.1 Å². The van der Waals surface area contributed by atoms with Gasteiger partial charge in [-0.05, 0) is 29.8 Å². The van der Waals surface area contributed by atoms with Gasteiger partial charge in [0.2, 0.25) is 0 Å². The van der Waals surface area contributed by atoms with Crippen LogP contribution in [0.1, 0.15) is 16.7 Å². The molecule has 0 unspecified atom stereocenters. The first-order valence-corrected chi connectivity index (χ1v) is 8.93. The molecule has 0 aliphatic carbocycles. The number of nitrogens with zero attached hydrogens (tertiary/aromatic N) is 2. The topological polar surface area (TPSA) is 64.0 Å². The molecule has 28 heavy (non-hydrogen) atoms.